The van der Waals surface area contributed by atoms with Crippen LogP contribution < -0.4 is 10.6 Å². The number of amides is 2. The van der Waals surface area contributed by atoms with Crippen LogP contribution in [0.4, 0.5) is 10.5 Å². The van der Waals surface area contributed by atoms with Crippen molar-refractivity contribution in [1.29, 1.82) is 0 Å². The Kier molecular flexibility index (Phi) is 5.18. The number of hydrogen-bond acceptors (Lipinski definition) is 5. The maximum Gasteiger partial charge on any atom is 0.410 e. The van der Waals surface area contributed by atoms with E-state index in [0.29, 0.717) is 12.1 Å². The molecule has 0 radical (unpaired) electrons. The molecule has 0 spiro atoms. The minimum atomic E-state index is -0.359. The monoisotopic (exact) mass is 421 g/mol. The zero-order valence-corrected chi connectivity index (χ0v) is 17.4. The molecule has 0 bridgehead atoms. The molecule has 1 saturated carbocycles. The molecule has 3 atom stereocenters. The highest BCUT2D eigenvalue weighted by molar-refractivity contribution is 5.95. The average Bonchev–Trinajstić information content (AvgIpc) is 3.44. The Morgan fingerprint density at radius 1 is 1.29 bits per heavy atom. The first-order valence-electron chi connectivity index (χ1n) is 10.9. The first kappa shape index (κ1) is 19.7. The van der Waals surface area contributed by atoms with Gasteiger partial charge in [-0.05, 0) is 61.6 Å². The maximum absolute atomic E-state index is 12.8. The van der Waals surface area contributed by atoms with Gasteiger partial charge in [0.2, 0.25) is 0 Å². The van der Waals surface area contributed by atoms with E-state index in [1.807, 2.05) is 30.3 Å². The van der Waals surface area contributed by atoms with E-state index in [9.17, 15) is 9.59 Å². The Balaban J connectivity index is 1.49. The Morgan fingerprint density at radius 3 is 2.87 bits per heavy atom. The molecule has 1 aromatic heterocycles. The van der Waals surface area contributed by atoms with Crippen LogP contribution in [0.25, 0.3) is 0 Å². The molecule has 31 heavy (non-hydrogen) atoms. The van der Waals surface area contributed by atoms with Crippen molar-refractivity contribution in [1.82, 2.24) is 10.2 Å². The first-order valence-corrected chi connectivity index (χ1v) is 10.9. The van der Waals surface area contributed by atoms with E-state index in [0.717, 1.165) is 36.3 Å². The number of fused-ring (bicyclic) bond motifs is 3. The minimum absolute atomic E-state index is 0.0562. The van der Waals surface area contributed by atoms with E-state index < -0.39 is 0 Å². The number of likely N-dealkylation sites (tertiary alicyclic amines) is 1. The van der Waals surface area contributed by atoms with Crippen molar-refractivity contribution < 1.29 is 18.7 Å². The highest BCUT2D eigenvalue weighted by atomic mass is 16.6. The van der Waals surface area contributed by atoms with Crippen LogP contribution in [-0.4, -0.2) is 36.1 Å². The fourth-order valence-corrected chi connectivity index (χ4v) is 4.91. The summed E-state index contributed by atoms with van der Waals surface area (Å²) in [5.41, 5.74) is 2.47. The summed E-state index contributed by atoms with van der Waals surface area (Å²) >= 11 is 0. The first-order chi connectivity index (χ1) is 15.2. The highest BCUT2D eigenvalue weighted by Crippen LogP contribution is 2.51. The maximum atomic E-state index is 12.8. The molecular formula is C24H27N3O4. The topological polar surface area (TPSA) is 83.8 Å². The number of ether oxygens (including phenoxy) is 1. The van der Waals surface area contributed by atoms with Gasteiger partial charge in [-0.15, -0.1) is 0 Å². The van der Waals surface area contributed by atoms with Crippen molar-refractivity contribution in [2.45, 2.75) is 43.8 Å². The number of nitrogens with zero attached hydrogens (tertiary/aromatic N) is 1. The van der Waals surface area contributed by atoms with Gasteiger partial charge in [0.1, 0.15) is 12.4 Å². The molecule has 7 heteroatoms. The molecule has 3 aliphatic rings. The predicted molar refractivity (Wildman–Crippen MR) is 116 cm³/mol. The summed E-state index contributed by atoms with van der Waals surface area (Å²) in [6, 6.07) is 9.55. The zero-order chi connectivity index (χ0) is 21.4. The molecule has 2 N–H and O–H groups in total. The predicted octanol–water partition coefficient (Wildman–Crippen LogP) is 4.41. The van der Waals surface area contributed by atoms with E-state index in [1.54, 1.807) is 17.2 Å². The summed E-state index contributed by atoms with van der Waals surface area (Å²) in [7, 11) is 0. The Hall–Kier alpha value is -3.22. The van der Waals surface area contributed by atoms with Crippen LogP contribution >= 0.6 is 0 Å². The van der Waals surface area contributed by atoms with Gasteiger partial charge in [-0.2, -0.15) is 0 Å². The average molecular weight is 421 g/mol. The van der Waals surface area contributed by atoms with Crippen molar-refractivity contribution in [3.05, 3.63) is 66.1 Å². The lowest BCUT2D eigenvalue weighted by atomic mass is 9.81. The van der Waals surface area contributed by atoms with E-state index in [1.165, 1.54) is 6.42 Å². The molecule has 162 valence electrons. The third-order valence-electron chi connectivity index (χ3n) is 6.67. The number of rotatable bonds is 5. The van der Waals surface area contributed by atoms with E-state index >= 15 is 0 Å². The SMILES string of the molecule is C=CCOC(=O)N1CC[C@H]2C(c3ccco3)Nc3ccc(C(=O)NC4CCC4)cc3[C@H]21. The molecule has 1 aliphatic carbocycles. The second-order valence-corrected chi connectivity index (χ2v) is 8.50. The van der Waals surface area contributed by atoms with Crippen LogP contribution in [-0.2, 0) is 4.74 Å². The smallest absolute Gasteiger partial charge is 0.410 e. The summed E-state index contributed by atoms with van der Waals surface area (Å²) in [4.78, 5) is 27.4. The molecule has 2 aromatic rings. The van der Waals surface area contributed by atoms with Gasteiger partial charge in [0.05, 0.1) is 18.3 Å². The fourth-order valence-electron chi connectivity index (χ4n) is 4.91. The molecule has 2 amide bonds. The lowest BCUT2D eigenvalue weighted by Gasteiger charge is -2.38. The second-order valence-electron chi connectivity index (χ2n) is 8.50. The number of carbonyl (C=O) groups excluding carboxylic acids is 2. The number of nitrogens with one attached hydrogen (secondary N) is 2. The standard InChI is InChI=1S/C24H27N3O4/c1-2-12-31-24(29)27-11-10-17-21(20-7-4-13-30-20)26-19-9-8-15(14-18(19)22(17)27)23(28)25-16-5-3-6-16/h2,4,7-9,13-14,16-17,21-22,26H,1,3,5-6,10-12H2,(H,25,28)/t17-,21?,22-/m0/s1. The molecule has 1 aromatic carbocycles. The lowest BCUT2D eigenvalue weighted by molar-refractivity contribution is 0.0916. The van der Waals surface area contributed by atoms with Crippen LogP contribution in [0.5, 0.6) is 0 Å². The third-order valence-corrected chi connectivity index (χ3v) is 6.67. The molecular weight excluding hydrogens is 394 g/mol. The molecule has 7 nitrogen and oxygen atoms in total. The molecule has 1 unspecified atom stereocenters. The van der Waals surface area contributed by atoms with Crippen LogP contribution in [0.2, 0.25) is 0 Å². The van der Waals surface area contributed by atoms with Gasteiger partial charge >= 0.3 is 6.09 Å². The molecule has 3 heterocycles. The minimum Gasteiger partial charge on any atom is -0.467 e. The summed E-state index contributed by atoms with van der Waals surface area (Å²) < 4.78 is 11.1. The van der Waals surface area contributed by atoms with Crippen LogP contribution in [0, 0.1) is 5.92 Å². The van der Waals surface area contributed by atoms with Crippen molar-refractivity contribution in [2.75, 3.05) is 18.5 Å². The van der Waals surface area contributed by atoms with Gasteiger partial charge in [0, 0.05) is 29.8 Å². The Bertz CT molecular complexity index is 983. The van der Waals surface area contributed by atoms with E-state index in [2.05, 4.69) is 17.2 Å². The van der Waals surface area contributed by atoms with Crippen molar-refractivity contribution >= 4 is 17.7 Å². The largest absolute Gasteiger partial charge is 0.467 e. The highest BCUT2D eigenvalue weighted by Gasteiger charge is 2.48. The number of benzene rings is 1. The normalized spacial score (nSPS) is 24.4. The van der Waals surface area contributed by atoms with Crippen molar-refractivity contribution in [3.8, 4) is 0 Å². The zero-order valence-electron chi connectivity index (χ0n) is 17.4. The van der Waals surface area contributed by atoms with Gasteiger partial charge < -0.3 is 24.7 Å². The number of hydrogen-bond donors (Lipinski definition) is 2. The summed E-state index contributed by atoms with van der Waals surface area (Å²) in [6.07, 6.45) is 6.93. The molecule has 2 fully saturated rings. The van der Waals surface area contributed by atoms with E-state index in [4.69, 9.17) is 9.15 Å². The van der Waals surface area contributed by atoms with Gasteiger partial charge in [-0.25, -0.2) is 4.79 Å². The van der Waals surface area contributed by atoms with Gasteiger partial charge in [-0.1, -0.05) is 12.7 Å². The van der Waals surface area contributed by atoms with Crippen molar-refractivity contribution in [2.24, 2.45) is 5.92 Å². The Morgan fingerprint density at radius 2 is 2.16 bits per heavy atom. The van der Waals surface area contributed by atoms with Gasteiger partial charge in [-0.3, -0.25) is 4.79 Å². The number of furan rings is 1. The quantitative estimate of drug-likeness (QED) is 0.699. The summed E-state index contributed by atoms with van der Waals surface area (Å²) in [5.74, 6) is 0.893. The molecule has 1 saturated heterocycles. The van der Waals surface area contributed by atoms with Crippen LogP contribution in [0.3, 0.4) is 0 Å². The number of anilines is 1. The summed E-state index contributed by atoms with van der Waals surface area (Å²) in [5, 5.41) is 6.68. The Labute approximate surface area is 181 Å². The lowest BCUT2D eigenvalue weighted by Crippen LogP contribution is -2.40. The molecule has 5 rings (SSSR count). The summed E-state index contributed by atoms with van der Waals surface area (Å²) in [6.45, 7) is 4.38. The van der Waals surface area contributed by atoms with Crippen LogP contribution in [0.1, 0.15) is 59.4 Å². The second kappa shape index (κ2) is 8.13. The van der Waals surface area contributed by atoms with Crippen molar-refractivity contribution in [3.63, 3.8) is 0 Å². The van der Waals surface area contributed by atoms with Gasteiger partial charge in [0.25, 0.3) is 5.91 Å². The third kappa shape index (κ3) is 3.58. The molecule has 2 aliphatic heterocycles. The van der Waals surface area contributed by atoms with Crippen LogP contribution in [0.15, 0.2) is 53.7 Å². The van der Waals surface area contributed by atoms with Gasteiger partial charge in [0.15, 0.2) is 0 Å². The fraction of sp³-hybridized carbons (Fsp3) is 0.417. The number of carbonyl (C=O) groups is 2. The van der Waals surface area contributed by atoms with E-state index in [-0.39, 0.29) is 42.7 Å².